The van der Waals surface area contributed by atoms with Crippen molar-refractivity contribution in [3.63, 3.8) is 0 Å². The summed E-state index contributed by atoms with van der Waals surface area (Å²) in [6.45, 7) is 9.33. The second-order valence-corrected chi connectivity index (χ2v) is 5.71. The highest BCUT2D eigenvalue weighted by Gasteiger charge is 2.46. The van der Waals surface area contributed by atoms with E-state index in [4.69, 9.17) is 0 Å². The molecule has 2 aliphatic rings. The van der Waals surface area contributed by atoms with E-state index >= 15 is 0 Å². The van der Waals surface area contributed by atoms with E-state index in [1.165, 1.54) is 19.4 Å². The highest BCUT2D eigenvalue weighted by Crippen LogP contribution is 2.42. The normalized spacial score (nSPS) is 40.6. The second-order valence-electron chi connectivity index (χ2n) is 5.71. The fourth-order valence-electron chi connectivity index (χ4n) is 2.31. The van der Waals surface area contributed by atoms with Crippen molar-refractivity contribution in [2.24, 2.45) is 5.92 Å². The molecule has 0 bridgehead atoms. The van der Waals surface area contributed by atoms with Crippen molar-refractivity contribution in [3.8, 4) is 0 Å². The minimum atomic E-state index is 0.328. The molecule has 0 aromatic rings. The summed E-state index contributed by atoms with van der Waals surface area (Å²) in [4.78, 5) is 2.50. The summed E-state index contributed by atoms with van der Waals surface area (Å²) in [6, 6.07) is 0. The van der Waals surface area contributed by atoms with Crippen LogP contribution in [-0.4, -0.2) is 36.1 Å². The highest BCUT2D eigenvalue weighted by atomic mass is 15.3. The predicted octanol–water partition coefficient (Wildman–Crippen LogP) is 1.47. The van der Waals surface area contributed by atoms with Crippen LogP contribution in [0, 0.1) is 5.92 Å². The Morgan fingerprint density at radius 1 is 1.23 bits per heavy atom. The van der Waals surface area contributed by atoms with E-state index in [9.17, 15) is 0 Å². The summed E-state index contributed by atoms with van der Waals surface area (Å²) in [5, 5.41) is 3.74. The van der Waals surface area contributed by atoms with E-state index < -0.39 is 0 Å². The number of rotatable bonds is 1. The molecule has 1 saturated heterocycles. The quantitative estimate of drug-likeness (QED) is 0.660. The van der Waals surface area contributed by atoms with Gasteiger partial charge in [0.2, 0.25) is 0 Å². The zero-order chi connectivity index (χ0) is 9.69. The van der Waals surface area contributed by atoms with Gasteiger partial charge in [-0.15, -0.1) is 0 Å². The van der Waals surface area contributed by atoms with Gasteiger partial charge in [0.1, 0.15) is 0 Å². The molecule has 2 nitrogen and oxygen atoms in total. The third kappa shape index (κ3) is 1.62. The van der Waals surface area contributed by atoms with Crippen molar-refractivity contribution in [1.82, 2.24) is 10.2 Å². The van der Waals surface area contributed by atoms with E-state index in [1.54, 1.807) is 0 Å². The van der Waals surface area contributed by atoms with Crippen LogP contribution in [0.5, 0.6) is 0 Å². The first-order valence-corrected chi connectivity index (χ1v) is 5.40. The molecule has 2 rings (SSSR count). The van der Waals surface area contributed by atoms with Gasteiger partial charge in [0.05, 0.1) is 0 Å². The van der Waals surface area contributed by atoms with Gasteiger partial charge < -0.3 is 5.32 Å². The van der Waals surface area contributed by atoms with Crippen molar-refractivity contribution in [2.75, 3.05) is 20.1 Å². The van der Waals surface area contributed by atoms with Crippen LogP contribution >= 0.6 is 0 Å². The topological polar surface area (TPSA) is 15.3 Å². The average molecular weight is 182 g/mol. The maximum absolute atomic E-state index is 3.74. The summed E-state index contributed by atoms with van der Waals surface area (Å²) in [6.07, 6.45) is 2.86. The molecular weight excluding hydrogens is 160 g/mol. The molecule has 0 aromatic carbocycles. The molecule has 1 N–H and O–H groups in total. The minimum absolute atomic E-state index is 0.328. The van der Waals surface area contributed by atoms with E-state index in [0.717, 1.165) is 12.5 Å². The number of hydrogen-bond acceptors (Lipinski definition) is 2. The predicted molar refractivity (Wildman–Crippen MR) is 55.8 cm³/mol. The Labute approximate surface area is 81.7 Å². The summed E-state index contributed by atoms with van der Waals surface area (Å²) < 4.78 is 0. The van der Waals surface area contributed by atoms with Gasteiger partial charge >= 0.3 is 0 Å². The number of nitrogens with one attached hydrogen (secondary N) is 1. The first-order valence-electron chi connectivity index (χ1n) is 5.40. The summed E-state index contributed by atoms with van der Waals surface area (Å²) in [5.41, 5.74) is 0.721. The van der Waals surface area contributed by atoms with Gasteiger partial charge in [0.25, 0.3) is 0 Å². The van der Waals surface area contributed by atoms with Crippen LogP contribution in [0.2, 0.25) is 0 Å². The Balaban J connectivity index is 2.05. The van der Waals surface area contributed by atoms with E-state index in [2.05, 4.69) is 38.0 Å². The second kappa shape index (κ2) is 2.71. The SMILES string of the molecule is CN1CC(C)(C2CC2)NCC1(C)C. The van der Waals surface area contributed by atoms with Crippen LogP contribution in [0.4, 0.5) is 0 Å². The zero-order valence-electron chi connectivity index (χ0n) is 9.35. The van der Waals surface area contributed by atoms with Crippen LogP contribution in [0.25, 0.3) is 0 Å². The number of piperazine rings is 1. The van der Waals surface area contributed by atoms with Crippen molar-refractivity contribution in [1.29, 1.82) is 0 Å². The molecule has 1 heterocycles. The smallest absolute Gasteiger partial charge is 0.0309 e. The van der Waals surface area contributed by atoms with Crippen molar-refractivity contribution in [3.05, 3.63) is 0 Å². The maximum Gasteiger partial charge on any atom is 0.0309 e. The first-order chi connectivity index (χ1) is 5.94. The van der Waals surface area contributed by atoms with Crippen LogP contribution in [0.1, 0.15) is 33.6 Å². The Bertz CT molecular complexity index is 208. The van der Waals surface area contributed by atoms with Crippen LogP contribution < -0.4 is 5.32 Å². The largest absolute Gasteiger partial charge is 0.308 e. The van der Waals surface area contributed by atoms with E-state index in [1.807, 2.05) is 0 Å². The highest BCUT2D eigenvalue weighted by molar-refractivity contribution is 5.05. The molecule has 2 heteroatoms. The zero-order valence-corrected chi connectivity index (χ0v) is 9.35. The lowest BCUT2D eigenvalue weighted by molar-refractivity contribution is 0.0469. The molecule has 1 saturated carbocycles. The Hall–Kier alpha value is -0.0800. The molecule has 0 aromatic heterocycles. The van der Waals surface area contributed by atoms with Gasteiger partial charge in [-0.3, -0.25) is 4.90 Å². The maximum atomic E-state index is 3.74. The van der Waals surface area contributed by atoms with Gasteiger partial charge in [-0.2, -0.15) is 0 Å². The number of nitrogens with zero attached hydrogens (tertiary/aromatic N) is 1. The van der Waals surface area contributed by atoms with Crippen LogP contribution in [-0.2, 0) is 0 Å². The molecule has 0 spiro atoms. The molecule has 13 heavy (non-hydrogen) atoms. The molecule has 0 amide bonds. The van der Waals surface area contributed by atoms with Crippen molar-refractivity contribution in [2.45, 2.75) is 44.7 Å². The standard InChI is InChI=1S/C11H22N2/c1-10(2)7-12-11(3,8-13(10)4)9-5-6-9/h9,12H,5-8H2,1-4H3. The Kier molecular flexibility index (Phi) is 1.97. The summed E-state index contributed by atoms with van der Waals surface area (Å²) in [7, 11) is 2.25. The third-order valence-electron chi connectivity index (χ3n) is 4.00. The van der Waals surface area contributed by atoms with Crippen LogP contribution in [0.3, 0.4) is 0 Å². The molecule has 76 valence electrons. The lowest BCUT2D eigenvalue weighted by Crippen LogP contribution is -2.66. The summed E-state index contributed by atoms with van der Waals surface area (Å²) >= 11 is 0. The summed E-state index contributed by atoms with van der Waals surface area (Å²) in [5.74, 6) is 0.936. The van der Waals surface area contributed by atoms with E-state index in [-0.39, 0.29) is 0 Å². The van der Waals surface area contributed by atoms with Crippen molar-refractivity contribution < 1.29 is 0 Å². The minimum Gasteiger partial charge on any atom is -0.308 e. The molecule has 0 radical (unpaired) electrons. The molecule has 1 aliphatic heterocycles. The molecule has 2 fully saturated rings. The van der Waals surface area contributed by atoms with Gasteiger partial charge in [-0.1, -0.05) is 0 Å². The monoisotopic (exact) mass is 182 g/mol. The average Bonchev–Trinajstić information content (AvgIpc) is 2.81. The van der Waals surface area contributed by atoms with E-state index in [0.29, 0.717) is 11.1 Å². The number of hydrogen-bond donors (Lipinski definition) is 1. The first kappa shape index (κ1) is 9.47. The third-order valence-corrected chi connectivity index (χ3v) is 4.00. The molecular formula is C11H22N2. The Morgan fingerprint density at radius 2 is 1.85 bits per heavy atom. The molecule has 1 unspecified atom stereocenters. The fraction of sp³-hybridized carbons (Fsp3) is 1.00. The molecule has 1 aliphatic carbocycles. The van der Waals surface area contributed by atoms with Gasteiger partial charge in [-0.05, 0) is 46.6 Å². The Morgan fingerprint density at radius 3 is 2.31 bits per heavy atom. The van der Waals surface area contributed by atoms with Gasteiger partial charge in [-0.25, -0.2) is 0 Å². The van der Waals surface area contributed by atoms with Crippen LogP contribution in [0.15, 0.2) is 0 Å². The lowest BCUT2D eigenvalue weighted by atomic mass is 9.87. The molecule has 1 atom stereocenters. The van der Waals surface area contributed by atoms with Gasteiger partial charge in [0, 0.05) is 24.2 Å². The van der Waals surface area contributed by atoms with Gasteiger partial charge in [0.15, 0.2) is 0 Å². The lowest BCUT2D eigenvalue weighted by Gasteiger charge is -2.49. The fourth-order valence-corrected chi connectivity index (χ4v) is 2.31. The number of likely N-dealkylation sites (N-methyl/N-ethyl adjacent to an activating group) is 1. The van der Waals surface area contributed by atoms with Crippen molar-refractivity contribution >= 4 is 0 Å².